The molecule has 0 amide bonds. The fourth-order valence-electron chi connectivity index (χ4n) is 1.30. The zero-order valence-electron chi connectivity index (χ0n) is 8.16. The second kappa shape index (κ2) is 4.88. The van der Waals surface area contributed by atoms with Crippen molar-refractivity contribution >= 4 is 37.5 Å². The van der Waals surface area contributed by atoms with E-state index in [0.717, 1.165) is 28.1 Å². The summed E-state index contributed by atoms with van der Waals surface area (Å²) in [4.78, 5) is 4.53. The number of hydrogen-bond donors (Lipinski definition) is 1. The van der Waals surface area contributed by atoms with Crippen molar-refractivity contribution in [1.29, 1.82) is 0 Å². The van der Waals surface area contributed by atoms with Crippen molar-refractivity contribution in [2.45, 2.75) is 6.54 Å². The molecule has 0 aliphatic rings. The van der Waals surface area contributed by atoms with Gasteiger partial charge in [-0.25, -0.2) is 4.98 Å². The van der Waals surface area contributed by atoms with Crippen LogP contribution in [-0.4, -0.2) is 11.5 Å². The molecule has 1 aromatic heterocycles. The van der Waals surface area contributed by atoms with Crippen molar-refractivity contribution in [2.75, 3.05) is 6.54 Å². The van der Waals surface area contributed by atoms with Gasteiger partial charge < -0.3 is 5.32 Å². The molecule has 0 bridgehead atoms. The van der Waals surface area contributed by atoms with Crippen molar-refractivity contribution < 1.29 is 0 Å². The lowest BCUT2D eigenvalue weighted by atomic mass is 10.3. The number of nitrogens with one attached hydrogen (secondary N) is 1. The van der Waals surface area contributed by atoms with Crippen molar-refractivity contribution in [3.63, 3.8) is 0 Å². The number of fused-ring (bicyclic) bond motifs is 1. The molecule has 0 spiro atoms. The molecule has 2 rings (SSSR count). The van der Waals surface area contributed by atoms with Crippen LogP contribution >= 0.6 is 27.3 Å². The monoisotopic (exact) mass is 282 g/mol. The molecule has 0 unspecified atom stereocenters. The normalized spacial score (nSPS) is 10.7. The Bertz CT molecular complexity index is 478. The van der Waals surface area contributed by atoms with Gasteiger partial charge in [0.25, 0.3) is 0 Å². The van der Waals surface area contributed by atoms with E-state index in [-0.39, 0.29) is 0 Å². The van der Waals surface area contributed by atoms with Crippen molar-refractivity contribution in [3.8, 4) is 0 Å². The van der Waals surface area contributed by atoms with Gasteiger partial charge in [0, 0.05) is 17.6 Å². The van der Waals surface area contributed by atoms with Crippen LogP contribution in [-0.2, 0) is 6.54 Å². The number of hydrogen-bond acceptors (Lipinski definition) is 3. The van der Waals surface area contributed by atoms with Gasteiger partial charge in [0.1, 0.15) is 5.01 Å². The number of halogens is 1. The first kappa shape index (κ1) is 10.8. The molecule has 78 valence electrons. The maximum absolute atomic E-state index is 4.53. The Balaban J connectivity index is 2.19. The standard InChI is InChI=1S/C11H11BrN2S/c1-2-5-13-7-11-14-9-4-3-8(12)6-10(9)15-11/h2-4,6,13H,1,5,7H2. The van der Waals surface area contributed by atoms with Crippen LogP contribution in [0.1, 0.15) is 5.01 Å². The lowest BCUT2D eigenvalue weighted by Gasteiger charge is -1.94. The van der Waals surface area contributed by atoms with E-state index in [1.807, 2.05) is 18.2 Å². The van der Waals surface area contributed by atoms with Gasteiger partial charge in [-0.15, -0.1) is 17.9 Å². The Labute approximate surface area is 101 Å². The molecule has 0 fully saturated rings. The second-order valence-electron chi connectivity index (χ2n) is 3.14. The third-order valence-corrected chi connectivity index (χ3v) is 3.47. The maximum Gasteiger partial charge on any atom is 0.108 e. The molecule has 1 heterocycles. The zero-order chi connectivity index (χ0) is 10.7. The van der Waals surface area contributed by atoms with Gasteiger partial charge >= 0.3 is 0 Å². The molecule has 15 heavy (non-hydrogen) atoms. The summed E-state index contributed by atoms with van der Waals surface area (Å²) >= 11 is 5.18. The van der Waals surface area contributed by atoms with E-state index in [1.54, 1.807) is 11.3 Å². The van der Waals surface area contributed by atoms with Crippen LogP contribution in [0.4, 0.5) is 0 Å². The third-order valence-electron chi connectivity index (χ3n) is 1.96. The third kappa shape index (κ3) is 2.65. The molecule has 1 N–H and O–H groups in total. The van der Waals surface area contributed by atoms with Gasteiger partial charge in [0.05, 0.1) is 10.2 Å². The first-order valence-electron chi connectivity index (χ1n) is 4.66. The predicted octanol–water partition coefficient (Wildman–Crippen LogP) is 3.33. The van der Waals surface area contributed by atoms with Gasteiger partial charge in [-0.2, -0.15) is 0 Å². The van der Waals surface area contributed by atoms with Crippen molar-refractivity contribution in [2.24, 2.45) is 0 Å². The average molecular weight is 283 g/mol. The Morgan fingerprint density at radius 2 is 2.40 bits per heavy atom. The SMILES string of the molecule is C=CCNCc1nc2ccc(Br)cc2s1. The predicted molar refractivity (Wildman–Crippen MR) is 69.2 cm³/mol. The maximum atomic E-state index is 4.53. The Hall–Kier alpha value is -0.710. The number of thiazole rings is 1. The first-order chi connectivity index (χ1) is 7.29. The second-order valence-corrected chi connectivity index (χ2v) is 5.17. The van der Waals surface area contributed by atoms with Crippen LogP contribution in [0.3, 0.4) is 0 Å². The molecule has 0 radical (unpaired) electrons. The van der Waals surface area contributed by atoms with E-state index >= 15 is 0 Å². The Morgan fingerprint density at radius 1 is 1.53 bits per heavy atom. The van der Waals surface area contributed by atoms with Crippen LogP contribution in [0.5, 0.6) is 0 Å². The van der Waals surface area contributed by atoms with E-state index in [0.29, 0.717) is 0 Å². The molecule has 2 aromatic rings. The number of benzene rings is 1. The summed E-state index contributed by atoms with van der Waals surface area (Å²) in [5.41, 5.74) is 1.07. The van der Waals surface area contributed by atoms with Crippen molar-refractivity contribution in [3.05, 3.63) is 40.3 Å². The highest BCUT2D eigenvalue weighted by molar-refractivity contribution is 9.10. The smallest absolute Gasteiger partial charge is 0.108 e. The van der Waals surface area contributed by atoms with Crippen LogP contribution in [0, 0.1) is 0 Å². The summed E-state index contributed by atoms with van der Waals surface area (Å²) in [5, 5.41) is 4.36. The van der Waals surface area contributed by atoms with Crippen LogP contribution < -0.4 is 5.32 Å². The van der Waals surface area contributed by atoms with E-state index < -0.39 is 0 Å². The van der Waals surface area contributed by atoms with Crippen LogP contribution in [0.2, 0.25) is 0 Å². The van der Waals surface area contributed by atoms with Crippen molar-refractivity contribution in [1.82, 2.24) is 10.3 Å². The zero-order valence-corrected chi connectivity index (χ0v) is 10.6. The lowest BCUT2D eigenvalue weighted by molar-refractivity contribution is 0.757. The van der Waals surface area contributed by atoms with E-state index in [4.69, 9.17) is 0 Å². The van der Waals surface area contributed by atoms with Gasteiger partial charge in [-0.1, -0.05) is 22.0 Å². The summed E-state index contributed by atoms with van der Waals surface area (Å²) in [5.74, 6) is 0. The van der Waals surface area contributed by atoms with Gasteiger partial charge in [-0.05, 0) is 18.2 Å². The Kier molecular flexibility index (Phi) is 3.51. The fraction of sp³-hybridized carbons (Fsp3) is 0.182. The number of aromatic nitrogens is 1. The highest BCUT2D eigenvalue weighted by Gasteiger charge is 2.02. The van der Waals surface area contributed by atoms with E-state index in [9.17, 15) is 0 Å². The summed E-state index contributed by atoms with van der Waals surface area (Å²) in [7, 11) is 0. The molecule has 2 nitrogen and oxygen atoms in total. The highest BCUT2D eigenvalue weighted by Crippen LogP contribution is 2.25. The molecular weight excluding hydrogens is 272 g/mol. The lowest BCUT2D eigenvalue weighted by Crippen LogP contribution is -2.11. The van der Waals surface area contributed by atoms with Crippen LogP contribution in [0.25, 0.3) is 10.2 Å². The number of nitrogens with zero attached hydrogens (tertiary/aromatic N) is 1. The first-order valence-corrected chi connectivity index (χ1v) is 6.27. The molecule has 4 heteroatoms. The highest BCUT2D eigenvalue weighted by atomic mass is 79.9. The molecule has 0 aliphatic carbocycles. The summed E-state index contributed by atoms with van der Waals surface area (Å²) in [6, 6.07) is 6.15. The molecule has 0 saturated heterocycles. The minimum Gasteiger partial charge on any atom is -0.307 e. The topological polar surface area (TPSA) is 24.9 Å². The number of rotatable bonds is 4. The fourth-order valence-corrected chi connectivity index (χ4v) is 2.79. The summed E-state index contributed by atoms with van der Waals surface area (Å²) in [6.45, 7) is 5.29. The quantitative estimate of drug-likeness (QED) is 0.687. The minimum absolute atomic E-state index is 0.809. The molecular formula is C11H11BrN2S. The molecule has 1 aromatic carbocycles. The Morgan fingerprint density at radius 3 is 3.20 bits per heavy atom. The molecule has 0 aliphatic heterocycles. The summed E-state index contributed by atoms with van der Waals surface area (Å²) in [6.07, 6.45) is 1.85. The van der Waals surface area contributed by atoms with Gasteiger partial charge in [0.15, 0.2) is 0 Å². The molecule has 0 atom stereocenters. The average Bonchev–Trinajstić information content (AvgIpc) is 2.60. The van der Waals surface area contributed by atoms with E-state index in [1.165, 1.54) is 4.70 Å². The van der Waals surface area contributed by atoms with Crippen LogP contribution in [0.15, 0.2) is 35.3 Å². The summed E-state index contributed by atoms with van der Waals surface area (Å²) < 4.78 is 2.32. The largest absolute Gasteiger partial charge is 0.307 e. The van der Waals surface area contributed by atoms with Gasteiger partial charge in [0.2, 0.25) is 0 Å². The minimum atomic E-state index is 0.809. The molecule has 0 saturated carbocycles. The van der Waals surface area contributed by atoms with E-state index in [2.05, 4.69) is 38.9 Å². The van der Waals surface area contributed by atoms with Gasteiger partial charge in [-0.3, -0.25) is 0 Å².